The zero-order valence-electron chi connectivity index (χ0n) is 18.7. The van der Waals surface area contributed by atoms with Gasteiger partial charge in [0, 0.05) is 41.4 Å². The molecule has 0 spiro atoms. The number of anilines is 1. The Labute approximate surface area is 198 Å². The van der Waals surface area contributed by atoms with Crippen molar-refractivity contribution in [2.45, 2.75) is 31.7 Å². The van der Waals surface area contributed by atoms with Crippen LogP contribution in [0.1, 0.15) is 19.4 Å². The zero-order chi connectivity index (χ0) is 24.0. The SMILES string of the molecule is Cc1cc(S(=O)(=O)NC(C)C)ccc1OCC(=O)NCCNc1ccnc2cc(Cl)ccc12. The Morgan fingerprint density at radius 2 is 1.91 bits per heavy atom. The van der Waals surface area contributed by atoms with Crippen LogP contribution < -0.4 is 20.1 Å². The van der Waals surface area contributed by atoms with Gasteiger partial charge in [0.05, 0.1) is 10.4 Å². The molecule has 1 aromatic heterocycles. The Bertz CT molecular complexity index is 1250. The number of carbonyl (C=O) groups excluding carboxylic acids is 1. The van der Waals surface area contributed by atoms with E-state index < -0.39 is 10.0 Å². The lowest BCUT2D eigenvalue weighted by Gasteiger charge is -2.13. The number of hydrogen-bond donors (Lipinski definition) is 3. The van der Waals surface area contributed by atoms with Gasteiger partial charge in [-0.25, -0.2) is 13.1 Å². The number of sulfonamides is 1. The Morgan fingerprint density at radius 3 is 2.64 bits per heavy atom. The van der Waals surface area contributed by atoms with Crippen molar-refractivity contribution >= 4 is 44.1 Å². The maximum atomic E-state index is 12.3. The minimum Gasteiger partial charge on any atom is -0.484 e. The van der Waals surface area contributed by atoms with Gasteiger partial charge in [-0.1, -0.05) is 11.6 Å². The van der Waals surface area contributed by atoms with Crippen molar-refractivity contribution in [3.8, 4) is 5.75 Å². The summed E-state index contributed by atoms with van der Waals surface area (Å²) in [6.07, 6.45) is 1.70. The summed E-state index contributed by atoms with van der Waals surface area (Å²) < 4.78 is 32.7. The number of amides is 1. The van der Waals surface area contributed by atoms with Gasteiger partial charge in [0.2, 0.25) is 10.0 Å². The van der Waals surface area contributed by atoms with E-state index in [9.17, 15) is 13.2 Å². The molecule has 0 aliphatic heterocycles. The average molecular weight is 491 g/mol. The molecule has 0 unspecified atom stereocenters. The monoisotopic (exact) mass is 490 g/mol. The van der Waals surface area contributed by atoms with Crippen molar-refractivity contribution in [2.75, 3.05) is 25.0 Å². The second-order valence-electron chi connectivity index (χ2n) is 7.79. The number of halogens is 1. The highest BCUT2D eigenvalue weighted by molar-refractivity contribution is 7.89. The molecule has 0 saturated heterocycles. The van der Waals surface area contributed by atoms with Crippen LogP contribution in [0.3, 0.4) is 0 Å². The van der Waals surface area contributed by atoms with Crippen LogP contribution in [-0.2, 0) is 14.8 Å². The van der Waals surface area contributed by atoms with E-state index in [1.165, 1.54) is 12.1 Å². The second-order valence-corrected chi connectivity index (χ2v) is 9.94. The lowest BCUT2D eigenvalue weighted by Crippen LogP contribution is -2.32. The van der Waals surface area contributed by atoms with Gasteiger partial charge in [0.25, 0.3) is 5.91 Å². The first-order valence-corrected chi connectivity index (χ1v) is 12.3. The lowest BCUT2D eigenvalue weighted by molar-refractivity contribution is -0.123. The summed E-state index contributed by atoms with van der Waals surface area (Å²) in [6.45, 7) is 5.99. The van der Waals surface area contributed by atoms with E-state index in [1.54, 1.807) is 45.2 Å². The first kappa shape index (κ1) is 24.8. The van der Waals surface area contributed by atoms with E-state index >= 15 is 0 Å². The highest BCUT2D eigenvalue weighted by atomic mass is 35.5. The van der Waals surface area contributed by atoms with Crippen molar-refractivity contribution in [1.82, 2.24) is 15.0 Å². The van der Waals surface area contributed by atoms with E-state index in [1.807, 2.05) is 12.1 Å². The van der Waals surface area contributed by atoms with Crippen molar-refractivity contribution in [3.05, 3.63) is 59.2 Å². The maximum Gasteiger partial charge on any atom is 0.258 e. The highest BCUT2D eigenvalue weighted by Crippen LogP contribution is 2.24. The highest BCUT2D eigenvalue weighted by Gasteiger charge is 2.17. The van der Waals surface area contributed by atoms with Crippen LogP contribution in [0.15, 0.2) is 53.6 Å². The fourth-order valence-electron chi connectivity index (χ4n) is 3.20. The van der Waals surface area contributed by atoms with Gasteiger partial charge in [-0.15, -0.1) is 0 Å². The van der Waals surface area contributed by atoms with Gasteiger partial charge in [-0.2, -0.15) is 0 Å². The molecule has 0 atom stereocenters. The molecule has 0 radical (unpaired) electrons. The van der Waals surface area contributed by atoms with Gasteiger partial charge >= 0.3 is 0 Å². The first-order chi connectivity index (χ1) is 15.7. The number of pyridine rings is 1. The van der Waals surface area contributed by atoms with E-state index in [-0.39, 0.29) is 23.5 Å². The summed E-state index contributed by atoms with van der Waals surface area (Å²) in [4.78, 5) is 16.6. The molecule has 0 fully saturated rings. The number of benzene rings is 2. The smallest absolute Gasteiger partial charge is 0.258 e. The van der Waals surface area contributed by atoms with E-state index in [2.05, 4.69) is 20.3 Å². The van der Waals surface area contributed by atoms with Crippen molar-refractivity contribution in [2.24, 2.45) is 0 Å². The zero-order valence-corrected chi connectivity index (χ0v) is 20.3. The molecule has 0 aliphatic rings. The molecule has 176 valence electrons. The van der Waals surface area contributed by atoms with Crippen LogP contribution in [0.25, 0.3) is 10.9 Å². The molecule has 3 rings (SSSR count). The predicted molar refractivity (Wildman–Crippen MR) is 130 cm³/mol. The molecule has 10 heteroatoms. The lowest BCUT2D eigenvalue weighted by atomic mass is 10.2. The summed E-state index contributed by atoms with van der Waals surface area (Å²) in [5, 5.41) is 7.63. The average Bonchev–Trinajstić information content (AvgIpc) is 2.74. The molecule has 3 aromatic rings. The van der Waals surface area contributed by atoms with Crippen molar-refractivity contribution in [3.63, 3.8) is 0 Å². The number of ether oxygens (including phenoxy) is 1. The topological polar surface area (TPSA) is 109 Å². The molecule has 0 bridgehead atoms. The Kier molecular flexibility index (Phi) is 8.12. The van der Waals surface area contributed by atoms with E-state index in [0.29, 0.717) is 29.4 Å². The van der Waals surface area contributed by atoms with Gasteiger partial charge in [0.15, 0.2) is 6.61 Å². The van der Waals surface area contributed by atoms with Gasteiger partial charge in [0.1, 0.15) is 5.75 Å². The molecule has 1 amide bonds. The van der Waals surface area contributed by atoms with Crippen LogP contribution in [0, 0.1) is 6.92 Å². The van der Waals surface area contributed by atoms with E-state index in [0.717, 1.165) is 16.6 Å². The van der Waals surface area contributed by atoms with Crippen LogP contribution in [0.4, 0.5) is 5.69 Å². The molecule has 8 nitrogen and oxygen atoms in total. The molecule has 1 heterocycles. The second kappa shape index (κ2) is 10.8. The summed E-state index contributed by atoms with van der Waals surface area (Å²) in [5.74, 6) is 0.175. The Balaban J connectivity index is 1.47. The maximum absolute atomic E-state index is 12.3. The third kappa shape index (κ3) is 6.80. The number of carbonyl (C=O) groups is 1. The number of aromatic nitrogens is 1. The number of hydrogen-bond acceptors (Lipinski definition) is 6. The Morgan fingerprint density at radius 1 is 1.12 bits per heavy atom. The van der Waals surface area contributed by atoms with Gasteiger partial charge in [-0.05, 0) is 68.8 Å². The van der Waals surface area contributed by atoms with Gasteiger partial charge in [-0.3, -0.25) is 9.78 Å². The van der Waals surface area contributed by atoms with Crippen molar-refractivity contribution in [1.29, 1.82) is 0 Å². The predicted octanol–water partition coefficient (Wildman–Crippen LogP) is 3.49. The summed E-state index contributed by atoms with van der Waals surface area (Å²) in [6, 6.07) is 11.7. The van der Waals surface area contributed by atoms with Crippen LogP contribution in [0.2, 0.25) is 5.02 Å². The molecular weight excluding hydrogens is 464 g/mol. The van der Waals surface area contributed by atoms with Crippen LogP contribution in [0.5, 0.6) is 5.75 Å². The standard InChI is InChI=1S/C23H27ClN4O4S/c1-15(2)28-33(30,31)18-5-7-22(16(3)12-18)32-14-23(29)27-11-10-26-20-8-9-25-21-13-17(24)4-6-19(20)21/h4-9,12-13,15,28H,10-11,14H2,1-3H3,(H,25,26)(H,27,29). The number of rotatable bonds is 10. The van der Waals surface area contributed by atoms with Crippen LogP contribution >= 0.6 is 11.6 Å². The fourth-order valence-corrected chi connectivity index (χ4v) is 4.70. The number of nitrogens with one attached hydrogen (secondary N) is 3. The number of nitrogens with zero attached hydrogens (tertiary/aromatic N) is 1. The largest absolute Gasteiger partial charge is 0.484 e. The Hall–Kier alpha value is -2.88. The first-order valence-electron chi connectivity index (χ1n) is 10.5. The van der Waals surface area contributed by atoms with Gasteiger partial charge < -0.3 is 15.4 Å². The molecule has 0 aliphatic carbocycles. The molecule has 33 heavy (non-hydrogen) atoms. The molecular formula is C23H27ClN4O4S. The summed E-state index contributed by atoms with van der Waals surface area (Å²) >= 11 is 6.01. The fraction of sp³-hybridized carbons (Fsp3) is 0.304. The number of aryl methyl sites for hydroxylation is 1. The minimum absolute atomic E-state index is 0.155. The van der Waals surface area contributed by atoms with Crippen LogP contribution in [-0.4, -0.2) is 45.0 Å². The molecule has 3 N–H and O–H groups in total. The van der Waals surface area contributed by atoms with Crippen molar-refractivity contribution < 1.29 is 17.9 Å². The summed E-state index contributed by atoms with van der Waals surface area (Å²) in [7, 11) is -3.59. The van der Waals surface area contributed by atoms with E-state index in [4.69, 9.17) is 16.3 Å². The number of fused-ring (bicyclic) bond motifs is 1. The quantitative estimate of drug-likeness (QED) is 0.375. The third-order valence-corrected chi connectivity index (χ3v) is 6.57. The molecule has 2 aromatic carbocycles. The normalized spacial score (nSPS) is 11.5. The molecule has 0 saturated carbocycles. The summed E-state index contributed by atoms with van der Waals surface area (Å²) in [5.41, 5.74) is 2.32. The minimum atomic E-state index is -3.59. The third-order valence-electron chi connectivity index (χ3n) is 4.67.